The van der Waals surface area contributed by atoms with Gasteiger partial charge in [0.15, 0.2) is 0 Å². The van der Waals surface area contributed by atoms with Gasteiger partial charge in [0.2, 0.25) is 0 Å². The number of rotatable bonds is 7. The average Bonchev–Trinajstić information content (AvgIpc) is 3.03. The summed E-state index contributed by atoms with van der Waals surface area (Å²) in [6.45, 7) is 5.30. The van der Waals surface area contributed by atoms with Gasteiger partial charge in [-0.15, -0.1) is 22.0 Å². The molecule has 0 fully saturated rings. The number of nitrogens with zero attached hydrogens (tertiary/aromatic N) is 4. The molecule has 2 aromatic rings. The van der Waals surface area contributed by atoms with Crippen LogP contribution < -0.4 is 5.32 Å². The van der Waals surface area contributed by atoms with E-state index in [0.29, 0.717) is 25.6 Å². The van der Waals surface area contributed by atoms with Gasteiger partial charge in [-0.05, 0) is 37.8 Å². The van der Waals surface area contributed by atoms with Crippen molar-refractivity contribution >= 4 is 17.8 Å². The van der Waals surface area contributed by atoms with Crippen LogP contribution >= 0.6 is 11.8 Å². The van der Waals surface area contributed by atoms with E-state index in [0.717, 1.165) is 11.4 Å². The van der Waals surface area contributed by atoms with Gasteiger partial charge in [0.25, 0.3) is 0 Å². The Morgan fingerprint density at radius 3 is 2.92 bits per heavy atom. The van der Waals surface area contributed by atoms with Gasteiger partial charge in [-0.2, -0.15) is 0 Å². The van der Waals surface area contributed by atoms with Crippen molar-refractivity contribution < 1.29 is 4.79 Å². The highest BCUT2D eigenvalue weighted by molar-refractivity contribution is 7.98. The predicted octanol–water partition coefficient (Wildman–Crippen LogP) is 2.97. The van der Waals surface area contributed by atoms with E-state index in [1.54, 1.807) is 30.0 Å². The van der Waals surface area contributed by atoms with Crippen molar-refractivity contribution in [1.29, 1.82) is 0 Å². The predicted molar refractivity (Wildman–Crippen MR) is 97.2 cm³/mol. The summed E-state index contributed by atoms with van der Waals surface area (Å²) in [5, 5.41) is 11.0. The van der Waals surface area contributed by atoms with Crippen molar-refractivity contribution in [2.45, 2.75) is 37.8 Å². The SMILES string of the molecule is CSc1cccc(CN(C)C(=O)NCCc2nncn2C(C)C)c1. The number of amides is 2. The van der Waals surface area contributed by atoms with Crippen LogP contribution in [-0.4, -0.2) is 45.5 Å². The molecule has 24 heavy (non-hydrogen) atoms. The number of thioether (sulfide) groups is 1. The smallest absolute Gasteiger partial charge is 0.317 e. The molecule has 7 heteroatoms. The van der Waals surface area contributed by atoms with Crippen LogP contribution in [0.3, 0.4) is 0 Å². The van der Waals surface area contributed by atoms with Crippen molar-refractivity contribution in [2.75, 3.05) is 19.8 Å². The minimum atomic E-state index is -0.0832. The van der Waals surface area contributed by atoms with Crippen LogP contribution in [0.15, 0.2) is 35.5 Å². The summed E-state index contributed by atoms with van der Waals surface area (Å²) in [4.78, 5) is 15.1. The number of nitrogens with one attached hydrogen (secondary N) is 1. The molecular formula is C17H25N5OS. The van der Waals surface area contributed by atoms with Gasteiger partial charge in [0.1, 0.15) is 12.2 Å². The molecule has 0 atom stereocenters. The molecule has 0 saturated heterocycles. The summed E-state index contributed by atoms with van der Waals surface area (Å²) >= 11 is 1.70. The van der Waals surface area contributed by atoms with Gasteiger partial charge in [0, 0.05) is 37.5 Å². The van der Waals surface area contributed by atoms with Crippen LogP contribution in [0.1, 0.15) is 31.3 Å². The highest BCUT2D eigenvalue weighted by Crippen LogP contribution is 2.16. The first-order chi connectivity index (χ1) is 11.5. The van der Waals surface area contributed by atoms with E-state index in [2.05, 4.69) is 41.5 Å². The fraction of sp³-hybridized carbons (Fsp3) is 0.471. The van der Waals surface area contributed by atoms with Crippen molar-refractivity contribution in [3.8, 4) is 0 Å². The van der Waals surface area contributed by atoms with Crippen LogP contribution in [0.4, 0.5) is 4.79 Å². The highest BCUT2D eigenvalue weighted by Gasteiger charge is 2.11. The Labute approximate surface area is 147 Å². The molecule has 1 N–H and O–H groups in total. The van der Waals surface area contributed by atoms with Crippen LogP contribution in [0, 0.1) is 0 Å². The van der Waals surface area contributed by atoms with E-state index in [1.807, 2.05) is 23.0 Å². The third-order valence-corrected chi connectivity index (χ3v) is 4.45. The first-order valence-corrected chi connectivity index (χ1v) is 9.24. The minimum Gasteiger partial charge on any atom is -0.338 e. The number of hydrogen-bond donors (Lipinski definition) is 1. The Hall–Kier alpha value is -2.02. The Bertz CT molecular complexity index is 671. The van der Waals surface area contributed by atoms with Crippen LogP contribution in [-0.2, 0) is 13.0 Å². The lowest BCUT2D eigenvalue weighted by molar-refractivity contribution is 0.207. The van der Waals surface area contributed by atoms with Gasteiger partial charge < -0.3 is 14.8 Å². The Morgan fingerprint density at radius 2 is 2.21 bits per heavy atom. The molecule has 1 aromatic heterocycles. The van der Waals surface area contributed by atoms with Crippen molar-refractivity contribution in [3.05, 3.63) is 42.0 Å². The number of urea groups is 1. The maximum absolute atomic E-state index is 12.2. The van der Waals surface area contributed by atoms with E-state index in [1.165, 1.54) is 4.90 Å². The molecule has 1 aromatic carbocycles. The summed E-state index contributed by atoms with van der Waals surface area (Å²) in [5.74, 6) is 0.889. The summed E-state index contributed by atoms with van der Waals surface area (Å²) in [6, 6.07) is 8.47. The van der Waals surface area contributed by atoms with Crippen molar-refractivity contribution in [1.82, 2.24) is 25.0 Å². The zero-order valence-electron chi connectivity index (χ0n) is 14.7. The summed E-state index contributed by atoms with van der Waals surface area (Å²) in [6.07, 6.45) is 4.44. The first-order valence-electron chi connectivity index (χ1n) is 8.01. The van der Waals surface area contributed by atoms with E-state index < -0.39 is 0 Å². The third kappa shape index (κ3) is 4.99. The van der Waals surface area contributed by atoms with Gasteiger partial charge in [0.05, 0.1) is 0 Å². The lowest BCUT2D eigenvalue weighted by Crippen LogP contribution is -2.38. The van der Waals surface area contributed by atoms with Crippen LogP contribution in [0.2, 0.25) is 0 Å². The quantitative estimate of drug-likeness (QED) is 0.782. The maximum Gasteiger partial charge on any atom is 0.317 e. The highest BCUT2D eigenvalue weighted by atomic mass is 32.2. The Morgan fingerprint density at radius 1 is 1.42 bits per heavy atom. The largest absolute Gasteiger partial charge is 0.338 e. The average molecular weight is 347 g/mol. The molecule has 1 heterocycles. The number of carbonyl (C=O) groups excluding carboxylic acids is 1. The summed E-state index contributed by atoms with van der Waals surface area (Å²) < 4.78 is 2.02. The Kier molecular flexibility index (Phi) is 6.66. The lowest BCUT2D eigenvalue weighted by atomic mass is 10.2. The molecular weight excluding hydrogens is 322 g/mol. The lowest BCUT2D eigenvalue weighted by Gasteiger charge is -2.18. The molecule has 2 rings (SSSR count). The number of carbonyl (C=O) groups is 1. The molecule has 0 aliphatic rings. The minimum absolute atomic E-state index is 0.0832. The van der Waals surface area contributed by atoms with Crippen molar-refractivity contribution in [3.63, 3.8) is 0 Å². The summed E-state index contributed by atoms with van der Waals surface area (Å²) in [5.41, 5.74) is 1.12. The van der Waals surface area contributed by atoms with E-state index in [4.69, 9.17) is 0 Å². The van der Waals surface area contributed by atoms with Gasteiger partial charge in [-0.1, -0.05) is 12.1 Å². The Balaban J connectivity index is 1.82. The van der Waals surface area contributed by atoms with Gasteiger partial charge in [-0.3, -0.25) is 0 Å². The van der Waals surface area contributed by atoms with E-state index in [9.17, 15) is 4.79 Å². The van der Waals surface area contributed by atoms with E-state index >= 15 is 0 Å². The second kappa shape index (κ2) is 8.73. The second-order valence-corrected chi connectivity index (χ2v) is 6.82. The van der Waals surface area contributed by atoms with Crippen molar-refractivity contribution in [2.24, 2.45) is 0 Å². The molecule has 2 amide bonds. The molecule has 130 valence electrons. The third-order valence-electron chi connectivity index (χ3n) is 3.73. The van der Waals surface area contributed by atoms with Gasteiger partial charge >= 0.3 is 6.03 Å². The van der Waals surface area contributed by atoms with Crippen LogP contribution in [0.5, 0.6) is 0 Å². The molecule has 0 bridgehead atoms. The molecule has 0 saturated carbocycles. The topological polar surface area (TPSA) is 63.1 Å². The molecule has 0 spiro atoms. The normalized spacial score (nSPS) is 10.9. The zero-order chi connectivity index (χ0) is 17.5. The number of benzene rings is 1. The molecule has 6 nitrogen and oxygen atoms in total. The fourth-order valence-corrected chi connectivity index (χ4v) is 2.89. The zero-order valence-corrected chi connectivity index (χ0v) is 15.5. The second-order valence-electron chi connectivity index (χ2n) is 5.94. The molecule has 0 aliphatic heterocycles. The maximum atomic E-state index is 12.2. The monoisotopic (exact) mass is 347 g/mol. The first kappa shape index (κ1) is 18.3. The number of hydrogen-bond acceptors (Lipinski definition) is 4. The van der Waals surface area contributed by atoms with Gasteiger partial charge in [-0.25, -0.2) is 4.79 Å². The summed E-state index contributed by atoms with van der Waals surface area (Å²) in [7, 11) is 1.80. The molecule has 0 radical (unpaired) electrons. The van der Waals surface area contributed by atoms with Crippen LogP contribution in [0.25, 0.3) is 0 Å². The fourth-order valence-electron chi connectivity index (χ4n) is 2.41. The molecule has 0 aliphatic carbocycles. The van der Waals surface area contributed by atoms with E-state index in [-0.39, 0.29) is 6.03 Å². The number of aromatic nitrogens is 3. The standard InChI is InChI=1S/C17H25N5OS/c1-13(2)22-12-19-20-16(22)8-9-18-17(23)21(3)11-14-6-5-7-15(10-14)24-4/h5-7,10,12-13H,8-9,11H2,1-4H3,(H,18,23). The molecule has 0 unspecified atom stereocenters.